The molecule has 0 bridgehead atoms. The fraction of sp³-hybridized carbons (Fsp3) is 0.357. The van der Waals surface area contributed by atoms with E-state index < -0.39 is 24.9 Å². The number of morpholine rings is 1. The van der Waals surface area contributed by atoms with Gasteiger partial charge < -0.3 is 24.8 Å². The first kappa shape index (κ1) is 32.3. The van der Waals surface area contributed by atoms with Gasteiger partial charge in [0, 0.05) is 18.1 Å². The van der Waals surface area contributed by atoms with Gasteiger partial charge in [-0.25, -0.2) is 9.78 Å². The molecule has 236 valence electrons. The first-order valence-corrected chi connectivity index (χ1v) is 13.1. The number of fused-ring (bicyclic) bond motifs is 1. The summed E-state index contributed by atoms with van der Waals surface area (Å²) in [4.78, 5) is 20.6. The Morgan fingerprint density at radius 1 is 1.11 bits per heavy atom. The van der Waals surface area contributed by atoms with E-state index in [1.807, 2.05) is 49.4 Å². The molecular formula is C28H28F6N6O4. The largest absolute Gasteiger partial charge is 0.497 e. The van der Waals surface area contributed by atoms with Crippen molar-refractivity contribution < 1.29 is 45.7 Å². The number of carboxylic acid groups (broad SMARTS) is 1. The number of aryl methyl sites for hydroxylation is 1. The first-order valence-electron chi connectivity index (χ1n) is 13.1. The van der Waals surface area contributed by atoms with Gasteiger partial charge in [-0.15, -0.1) is 0 Å². The molecule has 10 nitrogen and oxygen atoms in total. The van der Waals surface area contributed by atoms with Crippen molar-refractivity contribution in [2.75, 3.05) is 37.0 Å². The van der Waals surface area contributed by atoms with Gasteiger partial charge in [-0.05, 0) is 48.4 Å². The molecule has 1 fully saturated rings. The third-order valence-electron chi connectivity index (χ3n) is 6.37. The maximum Gasteiger partial charge on any atom is 0.490 e. The van der Waals surface area contributed by atoms with Gasteiger partial charge in [0.25, 0.3) is 0 Å². The van der Waals surface area contributed by atoms with Crippen LogP contribution in [0, 0.1) is 6.92 Å². The van der Waals surface area contributed by atoms with E-state index in [9.17, 15) is 26.3 Å². The number of methoxy groups -OCH3 is 1. The second-order valence-electron chi connectivity index (χ2n) is 9.75. The summed E-state index contributed by atoms with van der Waals surface area (Å²) in [5, 5.41) is 15.2. The van der Waals surface area contributed by atoms with Crippen molar-refractivity contribution in [1.29, 1.82) is 0 Å². The summed E-state index contributed by atoms with van der Waals surface area (Å²) in [6, 6.07) is 15.3. The van der Waals surface area contributed by atoms with Crippen LogP contribution in [0.3, 0.4) is 0 Å². The van der Waals surface area contributed by atoms with Gasteiger partial charge in [0.1, 0.15) is 24.2 Å². The van der Waals surface area contributed by atoms with Gasteiger partial charge in [0.05, 0.1) is 38.0 Å². The average Bonchev–Trinajstić information content (AvgIpc) is 3.41. The van der Waals surface area contributed by atoms with Crippen LogP contribution < -0.4 is 15.0 Å². The molecule has 1 unspecified atom stereocenters. The summed E-state index contributed by atoms with van der Waals surface area (Å²) in [6.45, 7) is 2.79. The topological polar surface area (TPSA) is 115 Å². The molecule has 16 heteroatoms. The monoisotopic (exact) mass is 626 g/mol. The van der Waals surface area contributed by atoms with Gasteiger partial charge in [-0.3, -0.25) is 4.68 Å². The quantitative estimate of drug-likeness (QED) is 0.256. The van der Waals surface area contributed by atoms with E-state index in [0.29, 0.717) is 37.2 Å². The number of hydrogen-bond acceptors (Lipinski definition) is 8. The lowest BCUT2D eigenvalue weighted by atomic mass is 10.1. The lowest BCUT2D eigenvalue weighted by Crippen LogP contribution is -2.39. The third kappa shape index (κ3) is 8.72. The highest BCUT2D eigenvalue weighted by atomic mass is 19.4. The highest BCUT2D eigenvalue weighted by molar-refractivity contribution is 5.90. The number of halogens is 6. The van der Waals surface area contributed by atoms with Crippen molar-refractivity contribution in [3.8, 4) is 5.75 Å². The Kier molecular flexibility index (Phi) is 9.81. The molecule has 1 aliphatic heterocycles. The molecule has 1 atom stereocenters. The van der Waals surface area contributed by atoms with Crippen LogP contribution >= 0.6 is 0 Å². The Bertz CT molecular complexity index is 1590. The van der Waals surface area contributed by atoms with Crippen LogP contribution in [0.2, 0.25) is 0 Å². The molecule has 0 spiro atoms. The summed E-state index contributed by atoms with van der Waals surface area (Å²) in [5.74, 6) is -0.846. The van der Waals surface area contributed by atoms with Gasteiger partial charge in [-0.2, -0.15) is 36.4 Å². The van der Waals surface area contributed by atoms with Crippen molar-refractivity contribution in [2.45, 2.75) is 38.5 Å². The van der Waals surface area contributed by atoms with Crippen molar-refractivity contribution in [3.63, 3.8) is 0 Å². The second kappa shape index (κ2) is 13.4. The molecule has 3 heterocycles. The first-order chi connectivity index (χ1) is 20.7. The number of anilines is 2. The number of rotatable bonds is 7. The lowest BCUT2D eigenvalue weighted by molar-refractivity contribution is -0.192. The summed E-state index contributed by atoms with van der Waals surface area (Å²) in [7, 11) is 1.63. The number of ether oxygens (including phenoxy) is 2. The smallest absolute Gasteiger partial charge is 0.490 e. The van der Waals surface area contributed by atoms with Crippen LogP contribution in [0.1, 0.15) is 22.9 Å². The molecule has 5 rings (SSSR count). The van der Waals surface area contributed by atoms with E-state index in [4.69, 9.17) is 29.3 Å². The molecule has 4 aromatic rings. The van der Waals surface area contributed by atoms with Gasteiger partial charge >= 0.3 is 18.3 Å². The van der Waals surface area contributed by atoms with E-state index >= 15 is 0 Å². The number of aromatic nitrogens is 4. The number of carboxylic acids is 1. The second-order valence-corrected chi connectivity index (χ2v) is 9.75. The SMILES string of the molecule is COc1cccc(C2CN(c3nc(NCc4ccn(CC(F)(F)F)n4)c4ccc(C)cc4n3)CCO2)c1.O=C(O)C(F)(F)F. The summed E-state index contributed by atoms with van der Waals surface area (Å²) >= 11 is 0. The number of hydrogen-bond donors (Lipinski definition) is 2. The molecule has 1 saturated heterocycles. The number of nitrogens with zero attached hydrogens (tertiary/aromatic N) is 5. The standard InChI is InChI=1S/C26H27F3N6O2.C2HF3O2/c1-17-6-7-21-22(12-17)31-25(32-24(21)30-14-19-8-9-35(33-19)16-26(27,28)29)34-10-11-37-23(15-34)18-4-3-5-20(13-18)36-2;3-2(4,5)1(6)7/h3-9,12-13,23H,10-11,14-16H2,1-2H3,(H,30,31,32);(H,6,7). The Morgan fingerprint density at radius 2 is 1.86 bits per heavy atom. The van der Waals surface area contributed by atoms with E-state index in [0.717, 1.165) is 32.5 Å². The molecule has 0 radical (unpaired) electrons. The zero-order chi connectivity index (χ0) is 32.1. The summed E-state index contributed by atoms with van der Waals surface area (Å²) < 4.78 is 82.1. The molecule has 0 saturated carbocycles. The zero-order valence-electron chi connectivity index (χ0n) is 23.5. The van der Waals surface area contributed by atoms with Crippen LogP contribution in [0.15, 0.2) is 54.7 Å². The van der Waals surface area contributed by atoms with Crippen molar-refractivity contribution in [2.24, 2.45) is 0 Å². The molecule has 2 N–H and O–H groups in total. The Morgan fingerprint density at radius 3 is 2.55 bits per heavy atom. The molecule has 1 aliphatic rings. The van der Waals surface area contributed by atoms with E-state index in [-0.39, 0.29) is 12.6 Å². The molecule has 0 aliphatic carbocycles. The van der Waals surface area contributed by atoms with Crippen LogP contribution in [-0.4, -0.2) is 70.0 Å². The highest BCUT2D eigenvalue weighted by Gasteiger charge is 2.38. The maximum absolute atomic E-state index is 12.7. The van der Waals surface area contributed by atoms with Gasteiger partial charge in [0.15, 0.2) is 0 Å². The minimum Gasteiger partial charge on any atom is -0.497 e. The summed E-state index contributed by atoms with van der Waals surface area (Å²) in [6.07, 6.45) is -8.26. The predicted molar refractivity (Wildman–Crippen MR) is 147 cm³/mol. The number of benzene rings is 2. The summed E-state index contributed by atoms with van der Waals surface area (Å²) in [5.41, 5.74) is 3.33. The van der Waals surface area contributed by atoms with E-state index in [1.165, 1.54) is 6.20 Å². The Labute approximate surface area is 247 Å². The predicted octanol–water partition coefficient (Wildman–Crippen LogP) is 5.53. The fourth-order valence-electron chi connectivity index (χ4n) is 4.32. The minimum atomic E-state index is -5.08. The average molecular weight is 627 g/mol. The van der Waals surface area contributed by atoms with Crippen LogP contribution in [0.25, 0.3) is 10.9 Å². The molecular weight excluding hydrogens is 598 g/mol. The van der Waals surface area contributed by atoms with Crippen molar-refractivity contribution >= 4 is 28.6 Å². The Hall–Kier alpha value is -4.60. The zero-order valence-corrected chi connectivity index (χ0v) is 23.5. The lowest BCUT2D eigenvalue weighted by Gasteiger charge is -2.33. The number of nitrogens with one attached hydrogen (secondary N) is 1. The molecule has 2 aromatic heterocycles. The number of alkyl halides is 6. The van der Waals surface area contributed by atoms with Crippen LogP contribution in [0.5, 0.6) is 5.75 Å². The third-order valence-corrected chi connectivity index (χ3v) is 6.37. The molecule has 0 amide bonds. The Balaban J connectivity index is 0.000000566. The maximum atomic E-state index is 12.7. The van der Waals surface area contributed by atoms with Crippen molar-refractivity contribution in [1.82, 2.24) is 19.7 Å². The van der Waals surface area contributed by atoms with E-state index in [1.54, 1.807) is 13.2 Å². The highest BCUT2D eigenvalue weighted by Crippen LogP contribution is 2.30. The minimum absolute atomic E-state index is 0.172. The number of carbonyl (C=O) groups is 1. The van der Waals surface area contributed by atoms with E-state index in [2.05, 4.69) is 15.3 Å². The van der Waals surface area contributed by atoms with Crippen LogP contribution in [-0.2, 0) is 22.6 Å². The van der Waals surface area contributed by atoms with Crippen LogP contribution in [0.4, 0.5) is 38.1 Å². The van der Waals surface area contributed by atoms with Crippen molar-refractivity contribution in [3.05, 3.63) is 71.5 Å². The van der Waals surface area contributed by atoms with Gasteiger partial charge in [0.2, 0.25) is 5.95 Å². The molecule has 2 aromatic carbocycles. The van der Waals surface area contributed by atoms with Gasteiger partial charge in [-0.1, -0.05) is 18.2 Å². The fourth-order valence-corrected chi connectivity index (χ4v) is 4.32. The molecule has 44 heavy (non-hydrogen) atoms. The normalized spacial score (nSPS) is 15.5. The number of aliphatic carboxylic acids is 1.